The first-order valence-electron chi connectivity index (χ1n) is 5.48. The first-order valence-corrected chi connectivity index (χ1v) is 5.48. The Morgan fingerprint density at radius 3 is 1.56 bits per heavy atom. The number of rotatable bonds is 8. The summed E-state index contributed by atoms with van der Waals surface area (Å²) in [5, 5.41) is 0. The van der Waals surface area contributed by atoms with Crippen molar-refractivity contribution < 1.29 is 9.47 Å². The van der Waals surface area contributed by atoms with E-state index in [9.17, 15) is 0 Å². The average molecular weight is 230 g/mol. The highest BCUT2D eigenvalue weighted by Crippen LogP contribution is 1.80. The molecular formula is C10H22N4O2. The van der Waals surface area contributed by atoms with Crippen LogP contribution in [0.5, 0.6) is 0 Å². The first kappa shape index (κ1) is 14.9. The highest BCUT2D eigenvalue weighted by molar-refractivity contribution is 6.39. The third kappa shape index (κ3) is 8.19. The average Bonchev–Trinajstić information content (AvgIpc) is 2.29. The number of aliphatic imine (C=N–C) groups is 2. The Labute approximate surface area is 96.7 Å². The van der Waals surface area contributed by atoms with E-state index in [1.54, 1.807) is 0 Å². The summed E-state index contributed by atoms with van der Waals surface area (Å²) >= 11 is 0. The molecule has 4 N–H and O–H groups in total. The molecule has 0 rings (SSSR count). The van der Waals surface area contributed by atoms with Crippen molar-refractivity contribution in [3.63, 3.8) is 0 Å². The zero-order chi connectivity index (χ0) is 12.2. The van der Waals surface area contributed by atoms with E-state index in [1.807, 2.05) is 13.8 Å². The molecule has 0 radical (unpaired) electrons. The number of hydrogen-bond donors (Lipinski definition) is 2. The molecule has 0 spiro atoms. The van der Waals surface area contributed by atoms with Crippen LogP contribution in [-0.4, -0.2) is 51.2 Å². The van der Waals surface area contributed by atoms with E-state index in [2.05, 4.69) is 9.98 Å². The summed E-state index contributed by atoms with van der Waals surface area (Å²) in [6, 6.07) is 0. The molecule has 94 valence electrons. The van der Waals surface area contributed by atoms with Crippen LogP contribution < -0.4 is 11.5 Å². The fourth-order valence-corrected chi connectivity index (χ4v) is 0.912. The van der Waals surface area contributed by atoms with Gasteiger partial charge in [-0.1, -0.05) is 0 Å². The summed E-state index contributed by atoms with van der Waals surface area (Å²) in [4.78, 5) is 8.07. The third-order valence-corrected chi connectivity index (χ3v) is 1.71. The maximum atomic E-state index is 5.61. The van der Waals surface area contributed by atoms with Crippen LogP contribution >= 0.6 is 0 Å². The van der Waals surface area contributed by atoms with Crippen molar-refractivity contribution in [2.24, 2.45) is 21.5 Å². The van der Waals surface area contributed by atoms with Crippen molar-refractivity contribution in [3.05, 3.63) is 0 Å². The molecule has 16 heavy (non-hydrogen) atoms. The zero-order valence-corrected chi connectivity index (χ0v) is 10.1. The van der Waals surface area contributed by atoms with Gasteiger partial charge in [-0.3, -0.25) is 9.98 Å². The number of ether oxygens (including phenoxy) is 2. The second-order valence-electron chi connectivity index (χ2n) is 2.93. The van der Waals surface area contributed by atoms with Crippen LogP contribution in [0.15, 0.2) is 9.98 Å². The zero-order valence-electron chi connectivity index (χ0n) is 10.1. The van der Waals surface area contributed by atoms with Crippen LogP contribution in [0.25, 0.3) is 0 Å². The number of nitrogens with two attached hydrogens (primary N) is 2. The lowest BCUT2D eigenvalue weighted by molar-refractivity contribution is 0.155. The molecule has 0 aliphatic heterocycles. The van der Waals surface area contributed by atoms with Crippen molar-refractivity contribution >= 4 is 11.7 Å². The molecule has 0 saturated heterocycles. The lowest BCUT2D eigenvalue weighted by Crippen LogP contribution is -2.32. The predicted octanol–water partition coefficient (Wildman–Crippen LogP) is -0.226. The molecule has 0 amide bonds. The van der Waals surface area contributed by atoms with Crippen molar-refractivity contribution in [3.8, 4) is 0 Å². The highest BCUT2D eigenvalue weighted by Gasteiger charge is 1.97. The van der Waals surface area contributed by atoms with Gasteiger partial charge >= 0.3 is 0 Å². The molecule has 0 aliphatic carbocycles. The van der Waals surface area contributed by atoms with E-state index >= 15 is 0 Å². The van der Waals surface area contributed by atoms with Crippen molar-refractivity contribution in [1.82, 2.24) is 0 Å². The number of amidine groups is 2. The van der Waals surface area contributed by atoms with Crippen LogP contribution in [-0.2, 0) is 9.47 Å². The predicted molar refractivity (Wildman–Crippen MR) is 66.0 cm³/mol. The van der Waals surface area contributed by atoms with Crippen molar-refractivity contribution in [2.45, 2.75) is 13.8 Å². The van der Waals surface area contributed by atoms with Crippen molar-refractivity contribution in [1.29, 1.82) is 0 Å². The fourth-order valence-electron chi connectivity index (χ4n) is 0.912. The number of nitrogens with zero attached hydrogens (tertiary/aromatic N) is 2. The molecule has 6 heteroatoms. The smallest absolute Gasteiger partial charge is 0.161 e. The molecule has 0 saturated carbocycles. The topological polar surface area (TPSA) is 95.2 Å². The molecule has 0 aromatic heterocycles. The standard InChI is InChI=1S/C10H22N4O2/c1-3-15-7-5-13-9(11)10(12)14-6-8-16-4-2/h3-8H2,1-2H3,(H2,11,13)(H2,12,14). The van der Waals surface area contributed by atoms with Gasteiger partial charge in [-0.2, -0.15) is 0 Å². The molecule has 0 aliphatic rings. The van der Waals surface area contributed by atoms with Gasteiger partial charge in [-0.15, -0.1) is 0 Å². The Balaban J connectivity index is 3.81. The minimum absolute atomic E-state index is 0.260. The van der Waals surface area contributed by atoms with Gasteiger partial charge in [0, 0.05) is 13.2 Å². The molecule has 0 fully saturated rings. The van der Waals surface area contributed by atoms with Gasteiger partial charge in [0.25, 0.3) is 0 Å². The number of hydrogen-bond acceptors (Lipinski definition) is 4. The Morgan fingerprint density at radius 2 is 1.25 bits per heavy atom. The van der Waals surface area contributed by atoms with Gasteiger partial charge in [0.2, 0.25) is 0 Å². The molecule has 6 nitrogen and oxygen atoms in total. The molecule has 0 unspecified atom stereocenters. The van der Waals surface area contributed by atoms with Crippen LogP contribution in [0.3, 0.4) is 0 Å². The van der Waals surface area contributed by atoms with E-state index in [-0.39, 0.29) is 11.7 Å². The lowest BCUT2D eigenvalue weighted by Gasteiger charge is -2.02. The van der Waals surface area contributed by atoms with Crippen LogP contribution in [0, 0.1) is 0 Å². The molecule has 0 atom stereocenters. The summed E-state index contributed by atoms with van der Waals surface area (Å²) in [5.74, 6) is 0.521. The normalized spacial score (nSPS) is 13.1. The van der Waals surface area contributed by atoms with E-state index in [0.717, 1.165) is 0 Å². The molecule has 0 bridgehead atoms. The summed E-state index contributed by atoms with van der Waals surface area (Å²) in [6.07, 6.45) is 0. The van der Waals surface area contributed by atoms with Gasteiger partial charge in [0.05, 0.1) is 26.3 Å². The highest BCUT2D eigenvalue weighted by atomic mass is 16.5. The third-order valence-electron chi connectivity index (χ3n) is 1.71. The van der Waals surface area contributed by atoms with Crippen molar-refractivity contribution in [2.75, 3.05) is 39.5 Å². The minimum Gasteiger partial charge on any atom is -0.381 e. The summed E-state index contributed by atoms with van der Waals surface area (Å²) in [6.45, 7) is 7.30. The van der Waals surface area contributed by atoms with E-state index in [1.165, 1.54) is 0 Å². The largest absolute Gasteiger partial charge is 0.381 e. The Kier molecular flexibility index (Phi) is 9.64. The monoisotopic (exact) mass is 230 g/mol. The van der Waals surface area contributed by atoms with Gasteiger partial charge in [-0.05, 0) is 13.8 Å². The fraction of sp³-hybridized carbons (Fsp3) is 0.800. The van der Waals surface area contributed by atoms with E-state index in [4.69, 9.17) is 20.9 Å². The summed E-state index contributed by atoms with van der Waals surface area (Å²) in [7, 11) is 0. The second-order valence-corrected chi connectivity index (χ2v) is 2.93. The quantitative estimate of drug-likeness (QED) is 0.342. The summed E-state index contributed by atoms with van der Waals surface area (Å²) < 4.78 is 10.2. The summed E-state index contributed by atoms with van der Waals surface area (Å²) in [5.41, 5.74) is 11.2. The van der Waals surface area contributed by atoms with Crippen LogP contribution in [0.2, 0.25) is 0 Å². The van der Waals surface area contributed by atoms with E-state index in [0.29, 0.717) is 39.5 Å². The molecule has 0 heterocycles. The Bertz CT molecular complexity index is 205. The Morgan fingerprint density at radius 1 is 0.875 bits per heavy atom. The molecule has 0 aromatic rings. The maximum absolute atomic E-state index is 5.61. The lowest BCUT2D eigenvalue weighted by atomic mass is 10.5. The van der Waals surface area contributed by atoms with E-state index < -0.39 is 0 Å². The van der Waals surface area contributed by atoms with Crippen LogP contribution in [0.4, 0.5) is 0 Å². The van der Waals surface area contributed by atoms with Gasteiger partial charge in [0.1, 0.15) is 0 Å². The maximum Gasteiger partial charge on any atom is 0.161 e. The van der Waals surface area contributed by atoms with Gasteiger partial charge < -0.3 is 20.9 Å². The van der Waals surface area contributed by atoms with Gasteiger partial charge in [0.15, 0.2) is 11.7 Å². The Hall–Kier alpha value is -1.14. The molecular weight excluding hydrogens is 208 g/mol. The second kappa shape index (κ2) is 10.4. The SMILES string of the molecule is CCOCCN=C(N)C(N)=NCCOCC. The molecule has 0 aromatic carbocycles. The first-order chi connectivity index (χ1) is 7.72. The van der Waals surface area contributed by atoms with Gasteiger partial charge in [-0.25, -0.2) is 0 Å². The minimum atomic E-state index is 0.260. The van der Waals surface area contributed by atoms with Crippen LogP contribution in [0.1, 0.15) is 13.8 Å².